The summed E-state index contributed by atoms with van der Waals surface area (Å²) in [5.74, 6) is -2.07. The molecule has 1 atom stereocenters. The average Bonchev–Trinajstić information content (AvgIpc) is 2.63. The minimum absolute atomic E-state index is 0.0620. The SMILES string of the molecule is CCCOC(=O)C1=C(C)NC2=C(C(=O)CC(C)(C)C2)[C@@H]1c1ccccc1C(F)(F)F. The Bertz CT molecular complexity index is 941. The molecule has 1 aliphatic heterocycles. The van der Waals surface area contributed by atoms with E-state index in [9.17, 15) is 22.8 Å². The van der Waals surface area contributed by atoms with Crippen LogP contribution in [0.3, 0.4) is 0 Å². The van der Waals surface area contributed by atoms with Crippen LogP contribution in [0.4, 0.5) is 13.2 Å². The fourth-order valence-electron chi connectivity index (χ4n) is 4.30. The summed E-state index contributed by atoms with van der Waals surface area (Å²) >= 11 is 0. The van der Waals surface area contributed by atoms with Crippen LogP contribution in [0.1, 0.15) is 64.0 Å². The number of ether oxygens (including phenoxy) is 1. The van der Waals surface area contributed by atoms with Crippen LogP contribution in [0.25, 0.3) is 0 Å². The molecular weight excluding hydrogens is 395 g/mol. The number of halogens is 3. The van der Waals surface area contributed by atoms with Crippen molar-refractivity contribution in [2.45, 2.75) is 59.1 Å². The molecule has 162 valence electrons. The van der Waals surface area contributed by atoms with E-state index in [4.69, 9.17) is 4.74 Å². The number of nitrogens with one attached hydrogen (secondary N) is 1. The predicted molar refractivity (Wildman–Crippen MR) is 106 cm³/mol. The summed E-state index contributed by atoms with van der Waals surface area (Å²) < 4.78 is 46.8. The molecule has 0 amide bonds. The quantitative estimate of drug-likeness (QED) is 0.674. The third kappa shape index (κ3) is 4.16. The summed E-state index contributed by atoms with van der Waals surface area (Å²) in [5.41, 5.74) is 0.0271. The molecule has 4 nitrogen and oxygen atoms in total. The first-order valence-corrected chi connectivity index (χ1v) is 10.0. The number of alkyl halides is 3. The van der Waals surface area contributed by atoms with E-state index in [1.807, 2.05) is 20.8 Å². The molecule has 0 aromatic heterocycles. The van der Waals surface area contributed by atoms with E-state index < -0.39 is 23.6 Å². The molecule has 1 aromatic carbocycles. The molecule has 1 heterocycles. The molecule has 0 saturated carbocycles. The number of esters is 1. The standard InChI is InChI=1S/C23H26F3NO3/c1-5-10-30-21(29)18-13(2)27-16-11-22(3,4)12-17(28)20(16)19(18)14-8-6-7-9-15(14)23(24,25)26/h6-9,19,27H,5,10-12H2,1-4H3/t19-/m1/s1. The van der Waals surface area contributed by atoms with Crippen molar-refractivity contribution in [1.29, 1.82) is 0 Å². The molecule has 0 unspecified atom stereocenters. The smallest absolute Gasteiger partial charge is 0.416 e. The first-order valence-electron chi connectivity index (χ1n) is 10.0. The number of carbonyl (C=O) groups excluding carboxylic acids is 2. The van der Waals surface area contributed by atoms with Crippen LogP contribution in [0.15, 0.2) is 46.8 Å². The number of allylic oxidation sites excluding steroid dienone is 3. The van der Waals surface area contributed by atoms with Crippen molar-refractivity contribution in [2.24, 2.45) is 5.41 Å². The van der Waals surface area contributed by atoms with Crippen molar-refractivity contribution < 1.29 is 27.5 Å². The normalized spacial score (nSPS) is 21.3. The summed E-state index contributed by atoms with van der Waals surface area (Å²) in [6, 6.07) is 5.13. The van der Waals surface area contributed by atoms with Gasteiger partial charge in [-0.05, 0) is 36.8 Å². The summed E-state index contributed by atoms with van der Waals surface area (Å²) in [7, 11) is 0. The Morgan fingerprint density at radius 2 is 1.90 bits per heavy atom. The lowest BCUT2D eigenvalue weighted by Gasteiger charge is -2.40. The first-order chi connectivity index (χ1) is 14.0. The monoisotopic (exact) mass is 421 g/mol. The van der Waals surface area contributed by atoms with Gasteiger partial charge in [0.2, 0.25) is 0 Å². The van der Waals surface area contributed by atoms with Gasteiger partial charge >= 0.3 is 12.1 Å². The molecule has 0 spiro atoms. The highest BCUT2D eigenvalue weighted by atomic mass is 19.4. The maximum Gasteiger partial charge on any atom is 0.416 e. The van der Waals surface area contributed by atoms with Gasteiger partial charge in [-0.3, -0.25) is 4.79 Å². The third-order valence-electron chi connectivity index (χ3n) is 5.47. The number of hydrogen-bond acceptors (Lipinski definition) is 4. The van der Waals surface area contributed by atoms with E-state index in [0.29, 0.717) is 24.2 Å². The molecule has 3 rings (SSSR count). The van der Waals surface area contributed by atoms with Crippen molar-refractivity contribution in [2.75, 3.05) is 6.61 Å². The zero-order valence-corrected chi connectivity index (χ0v) is 17.6. The van der Waals surface area contributed by atoms with E-state index in [1.165, 1.54) is 18.2 Å². The van der Waals surface area contributed by atoms with Crippen LogP contribution in [0.2, 0.25) is 0 Å². The third-order valence-corrected chi connectivity index (χ3v) is 5.47. The highest BCUT2D eigenvalue weighted by Gasteiger charge is 2.46. The molecule has 30 heavy (non-hydrogen) atoms. The van der Waals surface area contributed by atoms with Crippen LogP contribution < -0.4 is 5.32 Å². The van der Waals surface area contributed by atoms with Gasteiger partial charge in [0.15, 0.2) is 5.78 Å². The van der Waals surface area contributed by atoms with Gasteiger partial charge in [0, 0.05) is 29.3 Å². The number of hydrogen-bond donors (Lipinski definition) is 1. The number of rotatable bonds is 4. The lowest BCUT2D eigenvalue weighted by molar-refractivity contribution is -0.141. The molecule has 1 aromatic rings. The number of Topliss-reactive ketones (excluding diaryl/α,β-unsaturated/α-hetero) is 1. The Kier molecular flexibility index (Phi) is 5.85. The Morgan fingerprint density at radius 3 is 2.53 bits per heavy atom. The van der Waals surface area contributed by atoms with Crippen molar-refractivity contribution >= 4 is 11.8 Å². The largest absolute Gasteiger partial charge is 0.462 e. The second-order valence-corrected chi connectivity index (χ2v) is 8.65. The molecule has 0 bridgehead atoms. The molecular formula is C23H26F3NO3. The molecule has 2 aliphatic rings. The fraction of sp³-hybridized carbons (Fsp3) is 0.478. The highest BCUT2D eigenvalue weighted by Crippen LogP contribution is 2.49. The first kappa shape index (κ1) is 22.1. The lowest BCUT2D eigenvalue weighted by atomic mass is 9.68. The Morgan fingerprint density at radius 1 is 1.23 bits per heavy atom. The van der Waals surface area contributed by atoms with Gasteiger partial charge < -0.3 is 10.1 Å². The minimum Gasteiger partial charge on any atom is -0.462 e. The molecule has 0 fully saturated rings. The fourth-order valence-corrected chi connectivity index (χ4v) is 4.30. The van der Waals surface area contributed by atoms with E-state index in [1.54, 1.807) is 6.92 Å². The number of carbonyl (C=O) groups is 2. The van der Waals surface area contributed by atoms with Gasteiger partial charge in [-0.1, -0.05) is 39.0 Å². The second-order valence-electron chi connectivity index (χ2n) is 8.65. The Hall–Kier alpha value is -2.57. The van der Waals surface area contributed by atoms with Crippen LogP contribution in [0.5, 0.6) is 0 Å². The minimum atomic E-state index is -4.62. The van der Waals surface area contributed by atoms with Crippen molar-refractivity contribution in [3.63, 3.8) is 0 Å². The Labute approximate surface area is 174 Å². The summed E-state index contributed by atoms with van der Waals surface area (Å²) in [5, 5.41) is 3.13. The van der Waals surface area contributed by atoms with Crippen LogP contribution in [-0.4, -0.2) is 18.4 Å². The molecule has 0 radical (unpaired) electrons. The van der Waals surface area contributed by atoms with Gasteiger partial charge in [0.25, 0.3) is 0 Å². The average molecular weight is 421 g/mol. The number of ketones is 1. The van der Waals surface area contributed by atoms with Gasteiger partial charge in [-0.2, -0.15) is 13.2 Å². The summed E-state index contributed by atoms with van der Waals surface area (Å²) in [4.78, 5) is 26.0. The van der Waals surface area contributed by atoms with Gasteiger partial charge in [0.1, 0.15) is 0 Å². The highest BCUT2D eigenvalue weighted by molar-refractivity contribution is 6.04. The summed E-state index contributed by atoms with van der Waals surface area (Å²) in [6.07, 6.45) is -3.33. The Balaban J connectivity index is 2.24. The van der Waals surface area contributed by atoms with Crippen molar-refractivity contribution in [3.05, 3.63) is 57.9 Å². The maximum absolute atomic E-state index is 13.8. The second kappa shape index (κ2) is 7.93. The van der Waals surface area contributed by atoms with Gasteiger partial charge in [0.05, 0.1) is 17.7 Å². The van der Waals surface area contributed by atoms with Gasteiger partial charge in [-0.25, -0.2) is 4.79 Å². The lowest BCUT2D eigenvalue weighted by Crippen LogP contribution is -2.39. The van der Waals surface area contributed by atoms with E-state index in [2.05, 4.69) is 5.32 Å². The summed E-state index contributed by atoms with van der Waals surface area (Å²) in [6.45, 7) is 7.51. The molecule has 1 aliphatic carbocycles. The zero-order chi connectivity index (χ0) is 22.3. The number of benzene rings is 1. The zero-order valence-electron chi connectivity index (χ0n) is 17.6. The predicted octanol–water partition coefficient (Wildman–Crippen LogP) is 5.26. The van der Waals surface area contributed by atoms with E-state index in [0.717, 1.165) is 6.07 Å². The molecule has 0 saturated heterocycles. The van der Waals surface area contributed by atoms with Gasteiger partial charge in [-0.15, -0.1) is 0 Å². The molecule has 7 heteroatoms. The van der Waals surface area contributed by atoms with Crippen LogP contribution >= 0.6 is 0 Å². The van der Waals surface area contributed by atoms with Crippen LogP contribution in [-0.2, 0) is 20.5 Å². The van der Waals surface area contributed by atoms with Crippen LogP contribution in [0, 0.1) is 5.41 Å². The van der Waals surface area contributed by atoms with Crippen molar-refractivity contribution in [3.8, 4) is 0 Å². The topological polar surface area (TPSA) is 55.4 Å². The van der Waals surface area contributed by atoms with E-state index >= 15 is 0 Å². The van der Waals surface area contributed by atoms with Crippen molar-refractivity contribution in [1.82, 2.24) is 5.32 Å². The number of dihydropyridines is 1. The maximum atomic E-state index is 13.8. The molecule has 1 N–H and O–H groups in total. The van der Waals surface area contributed by atoms with E-state index in [-0.39, 0.29) is 40.9 Å².